The SMILES string of the molecule is CCOC(=O)C1=C(COC(=O)c2c(C)noc2C(C)C)NC(=O)N[C@H]1c1ccc(OC)cc1. The van der Waals surface area contributed by atoms with Crippen LogP contribution < -0.4 is 15.4 Å². The Hall–Kier alpha value is -3.82. The summed E-state index contributed by atoms with van der Waals surface area (Å²) in [5.74, 6) is -0.355. The molecule has 0 fully saturated rings. The van der Waals surface area contributed by atoms with Crippen LogP contribution in [-0.2, 0) is 14.3 Å². The van der Waals surface area contributed by atoms with E-state index in [1.165, 1.54) is 0 Å². The molecule has 1 aromatic heterocycles. The van der Waals surface area contributed by atoms with Crippen LogP contribution in [0.2, 0.25) is 0 Å². The largest absolute Gasteiger partial charge is 0.497 e. The van der Waals surface area contributed by atoms with Crippen molar-refractivity contribution in [1.82, 2.24) is 15.8 Å². The first-order chi connectivity index (χ1) is 15.8. The van der Waals surface area contributed by atoms with Crippen LogP contribution in [0.25, 0.3) is 0 Å². The van der Waals surface area contributed by atoms with Crippen LogP contribution in [0.15, 0.2) is 40.1 Å². The summed E-state index contributed by atoms with van der Waals surface area (Å²) in [5.41, 5.74) is 1.53. The Kier molecular flexibility index (Phi) is 7.37. The van der Waals surface area contributed by atoms with Crippen LogP contribution in [-0.4, -0.2) is 43.4 Å². The summed E-state index contributed by atoms with van der Waals surface area (Å²) in [6.07, 6.45) is 0. The lowest BCUT2D eigenvalue weighted by atomic mass is 9.95. The smallest absolute Gasteiger partial charge is 0.344 e. The highest BCUT2D eigenvalue weighted by molar-refractivity contribution is 5.96. The van der Waals surface area contributed by atoms with Crippen molar-refractivity contribution in [2.75, 3.05) is 20.3 Å². The first-order valence-electron chi connectivity index (χ1n) is 10.5. The van der Waals surface area contributed by atoms with E-state index in [9.17, 15) is 14.4 Å². The van der Waals surface area contributed by atoms with E-state index in [1.54, 1.807) is 45.2 Å². The van der Waals surface area contributed by atoms with E-state index in [-0.39, 0.29) is 36.0 Å². The Morgan fingerprint density at radius 1 is 1.15 bits per heavy atom. The number of benzene rings is 1. The van der Waals surface area contributed by atoms with Crippen LogP contribution in [0, 0.1) is 6.92 Å². The lowest BCUT2D eigenvalue weighted by molar-refractivity contribution is -0.139. The molecule has 0 radical (unpaired) electrons. The van der Waals surface area contributed by atoms with E-state index >= 15 is 0 Å². The standard InChI is InChI=1S/C23H27N3O7/c1-6-31-22(28)18-16(11-32-21(27)17-13(4)26-33-20(17)12(2)3)24-23(29)25-19(18)14-7-9-15(30-5)10-8-14/h7-10,12,19H,6,11H2,1-5H3,(H2,24,25,29)/t19-/m0/s1. The average molecular weight is 457 g/mol. The van der Waals surface area contributed by atoms with Gasteiger partial charge in [0.05, 0.1) is 36.7 Å². The molecule has 0 unspecified atom stereocenters. The van der Waals surface area contributed by atoms with Crippen molar-refractivity contribution in [2.24, 2.45) is 0 Å². The van der Waals surface area contributed by atoms with Gasteiger partial charge in [0.15, 0.2) is 5.76 Å². The highest BCUT2D eigenvalue weighted by Crippen LogP contribution is 2.30. The Labute approximate surface area is 191 Å². The highest BCUT2D eigenvalue weighted by Gasteiger charge is 2.34. The van der Waals surface area contributed by atoms with E-state index in [2.05, 4.69) is 15.8 Å². The number of amides is 2. The number of nitrogens with zero attached hydrogens (tertiary/aromatic N) is 1. The zero-order valence-corrected chi connectivity index (χ0v) is 19.2. The van der Waals surface area contributed by atoms with Gasteiger partial charge in [0.2, 0.25) is 0 Å². The van der Waals surface area contributed by atoms with Gasteiger partial charge in [-0.15, -0.1) is 0 Å². The molecule has 2 aromatic rings. The number of rotatable bonds is 8. The minimum Gasteiger partial charge on any atom is -0.497 e. The van der Waals surface area contributed by atoms with Crippen LogP contribution in [0.1, 0.15) is 60.1 Å². The molecule has 3 rings (SSSR count). The lowest BCUT2D eigenvalue weighted by Crippen LogP contribution is -2.47. The van der Waals surface area contributed by atoms with Crippen molar-refractivity contribution in [3.05, 3.63) is 58.1 Å². The molecule has 2 N–H and O–H groups in total. The second-order valence-corrected chi connectivity index (χ2v) is 7.66. The van der Waals surface area contributed by atoms with Gasteiger partial charge < -0.3 is 29.4 Å². The molecular weight excluding hydrogens is 430 g/mol. The molecule has 2 heterocycles. The van der Waals surface area contributed by atoms with Gasteiger partial charge in [-0.05, 0) is 31.5 Å². The van der Waals surface area contributed by atoms with E-state index in [0.717, 1.165) is 0 Å². The number of aryl methyl sites for hydroxylation is 1. The summed E-state index contributed by atoms with van der Waals surface area (Å²) >= 11 is 0. The van der Waals surface area contributed by atoms with Crippen molar-refractivity contribution in [3.63, 3.8) is 0 Å². The summed E-state index contributed by atoms with van der Waals surface area (Å²) in [5, 5.41) is 9.14. The van der Waals surface area contributed by atoms with Crippen LogP contribution in [0.4, 0.5) is 4.79 Å². The fraction of sp³-hybridized carbons (Fsp3) is 0.391. The number of carbonyl (C=O) groups is 3. The van der Waals surface area contributed by atoms with Crippen LogP contribution >= 0.6 is 0 Å². The van der Waals surface area contributed by atoms with Crippen molar-refractivity contribution in [2.45, 2.75) is 39.7 Å². The molecule has 33 heavy (non-hydrogen) atoms. The summed E-state index contributed by atoms with van der Waals surface area (Å²) in [4.78, 5) is 38.0. The Balaban J connectivity index is 1.94. The van der Waals surface area contributed by atoms with Crippen molar-refractivity contribution >= 4 is 18.0 Å². The summed E-state index contributed by atoms with van der Waals surface area (Å²) in [6.45, 7) is 6.83. The molecule has 1 aliphatic heterocycles. The van der Waals surface area contributed by atoms with Gasteiger partial charge >= 0.3 is 18.0 Å². The molecule has 10 nitrogen and oxygen atoms in total. The first kappa shape index (κ1) is 23.8. The molecule has 0 saturated carbocycles. The normalized spacial score (nSPS) is 15.7. The maximum Gasteiger partial charge on any atom is 0.344 e. The molecule has 2 amide bonds. The minimum absolute atomic E-state index is 0.0823. The maximum atomic E-state index is 12.8. The summed E-state index contributed by atoms with van der Waals surface area (Å²) in [7, 11) is 1.54. The Morgan fingerprint density at radius 2 is 1.85 bits per heavy atom. The molecule has 0 bridgehead atoms. The van der Waals surface area contributed by atoms with Crippen molar-refractivity contribution in [3.8, 4) is 5.75 Å². The molecular formula is C23H27N3O7. The zero-order chi connectivity index (χ0) is 24.1. The molecule has 0 spiro atoms. The quantitative estimate of drug-likeness (QED) is 0.579. The highest BCUT2D eigenvalue weighted by atomic mass is 16.5. The molecule has 10 heteroatoms. The fourth-order valence-corrected chi connectivity index (χ4v) is 3.47. The van der Waals surface area contributed by atoms with Crippen LogP contribution in [0.5, 0.6) is 5.75 Å². The van der Waals surface area contributed by atoms with Gasteiger partial charge in [-0.1, -0.05) is 31.1 Å². The minimum atomic E-state index is -0.805. The second-order valence-electron chi connectivity index (χ2n) is 7.66. The molecule has 0 aliphatic carbocycles. The maximum absolute atomic E-state index is 12.8. The molecule has 1 aliphatic rings. The number of aromatic nitrogens is 1. The zero-order valence-electron chi connectivity index (χ0n) is 19.2. The third-order valence-corrected chi connectivity index (χ3v) is 5.06. The predicted molar refractivity (Wildman–Crippen MR) is 117 cm³/mol. The molecule has 1 atom stereocenters. The van der Waals surface area contributed by atoms with Gasteiger partial charge in [0.25, 0.3) is 0 Å². The van der Waals surface area contributed by atoms with Gasteiger partial charge in [0, 0.05) is 5.92 Å². The lowest BCUT2D eigenvalue weighted by Gasteiger charge is -2.29. The number of esters is 2. The number of ether oxygens (including phenoxy) is 3. The summed E-state index contributed by atoms with van der Waals surface area (Å²) in [6, 6.07) is 5.54. The monoisotopic (exact) mass is 457 g/mol. The van der Waals surface area contributed by atoms with E-state index in [0.29, 0.717) is 22.8 Å². The van der Waals surface area contributed by atoms with E-state index in [1.807, 2.05) is 13.8 Å². The number of urea groups is 1. The average Bonchev–Trinajstić information content (AvgIpc) is 3.19. The van der Waals surface area contributed by atoms with Crippen molar-refractivity contribution in [1.29, 1.82) is 0 Å². The third kappa shape index (κ3) is 5.16. The van der Waals surface area contributed by atoms with Gasteiger partial charge in [-0.2, -0.15) is 0 Å². The number of methoxy groups -OCH3 is 1. The van der Waals surface area contributed by atoms with E-state index in [4.69, 9.17) is 18.7 Å². The predicted octanol–water partition coefficient (Wildman–Crippen LogP) is 3.14. The third-order valence-electron chi connectivity index (χ3n) is 5.06. The van der Waals surface area contributed by atoms with E-state index < -0.39 is 24.0 Å². The van der Waals surface area contributed by atoms with Crippen LogP contribution in [0.3, 0.4) is 0 Å². The van der Waals surface area contributed by atoms with Gasteiger partial charge in [0.1, 0.15) is 17.9 Å². The van der Waals surface area contributed by atoms with Crippen molar-refractivity contribution < 1.29 is 33.1 Å². The number of hydrogen-bond donors (Lipinski definition) is 2. The number of hydrogen-bond acceptors (Lipinski definition) is 8. The topological polar surface area (TPSA) is 129 Å². The Morgan fingerprint density at radius 3 is 2.45 bits per heavy atom. The second kappa shape index (κ2) is 10.2. The molecule has 0 saturated heterocycles. The fourth-order valence-electron chi connectivity index (χ4n) is 3.47. The van der Waals surface area contributed by atoms with Gasteiger partial charge in [-0.3, -0.25) is 0 Å². The number of carbonyl (C=O) groups excluding carboxylic acids is 3. The number of nitrogens with one attached hydrogen (secondary N) is 2. The molecule has 1 aromatic carbocycles. The van der Waals surface area contributed by atoms with Gasteiger partial charge in [-0.25, -0.2) is 14.4 Å². The Bertz CT molecular complexity index is 1070. The first-order valence-corrected chi connectivity index (χ1v) is 10.5. The summed E-state index contributed by atoms with van der Waals surface area (Å²) < 4.78 is 21.1. The molecule has 176 valence electrons.